The molecule has 1 aliphatic carbocycles. The third kappa shape index (κ3) is 5.08. The van der Waals surface area contributed by atoms with Gasteiger partial charge in [-0.1, -0.05) is 45.0 Å². The van der Waals surface area contributed by atoms with Crippen molar-refractivity contribution < 1.29 is 9.47 Å². The highest BCUT2D eigenvalue weighted by molar-refractivity contribution is 7.98. The van der Waals surface area contributed by atoms with Crippen molar-refractivity contribution in [3.05, 3.63) is 70.9 Å². The van der Waals surface area contributed by atoms with Crippen LogP contribution >= 0.6 is 11.8 Å². The summed E-state index contributed by atoms with van der Waals surface area (Å²) in [7, 11) is 3.35. The highest BCUT2D eigenvalue weighted by Crippen LogP contribution is 2.43. The number of aryl methyl sites for hydroxylation is 1. The molecule has 1 aliphatic rings. The first kappa shape index (κ1) is 24.2. The maximum absolute atomic E-state index is 10.3. The van der Waals surface area contributed by atoms with E-state index in [9.17, 15) is 5.26 Å². The van der Waals surface area contributed by atoms with Crippen molar-refractivity contribution in [3.63, 3.8) is 0 Å². The molecule has 2 aromatic carbocycles. The van der Waals surface area contributed by atoms with E-state index in [1.807, 2.05) is 30.3 Å². The first-order chi connectivity index (χ1) is 16.3. The van der Waals surface area contributed by atoms with Crippen molar-refractivity contribution in [2.24, 2.45) is 11.3 Å². The van der Waals surface area contributed by atoms with Crippen molar-refractivity contribution in [1.82, 2.24) is 4.98 Å². The minimum absolute atomic E-state index is 0.210. The predicted octanol–water partition coefficient (Wildman–Crippen LogP) is 7.08. The second kappa shape index (κ2) is 10.1. The Labute approximate surface area is 207 Å². The first-order valence-electron chi connectivity index (χ1n) is 11.7. The van der Waals surface area contributed by atoms with E-state index in [0.717, 1.165) is 63.9 Å². The van der Waals surface area contributed by atoms with Crippen LogP contribution in [0, 0.1) is 22.7 Å². The van der Waals surface area contributed by atoms with E-state index < -0.39 is 0 Å². The summed E-state index contributed by atoms with van der Waals surface area (Å²) < 4.78 is 10.7. The predicted molar refractivity (Wildman–Crippen MR) is 138 cm³/mol. The molecule has 0 spiro atoms. The van der Waals surface area contributed by atoms with Gasteiger partial charge in [-0.2, -0.15) is 5.26 Å². The SMILES string of the molecule is COc1ccc(-c2c(C#N)c(SCc3cccc(OC)c3)nc3c2C[C@@H](C(C)(C)C)CC3)cc1. The fourth-order valence-electron chi connectivity index (χ4n) is 4.67. The molecule has 0 amide bonds. The van der Waals surface area contributed by atoms with Crippen LogP contribution in [0.15, 0.2) is 53.6 Å². The fourth-order valence-corrected chi connectivity index (χ4v) is 5.62. The second-order valence-corrected chi connectivity index (χ2v) is 10.8. The summed E-state index contributed by atoms with van der Waals surface area (Å²) in [6.07, 6.45) is 3.01. The van der Waals surface area contributed by atoms with E-state index in [4.69, 9.17) is 14.5 Å². The molecular weight excluding hydrogens is 440 g/mol. The number of methoxy groups -OCH3 is 2. The Hall–Kier alpha value is -2.97. The normalized spacial score (nSPS) is 15.4. The maximum atomic E-state index is 10.3. The number of rotatable bonds is 6. The fraction of sp³-hybridized carbons (Fsp3) is 0.379. The van der Waals surface area contributed by atoms with Crippen molar-refractivity contribution >= 4 is 11.8 Å². The molecule has 1 aromatic heterocycles. The van der Waals surface area contributed by atoms with Crippen molar-refractivity contribution in [1.29, 1.82) is 5.26 Å². The lowest BCUT2D eigenvalue weighted by Gasteiger charge is -2.36. The van der Waals surface area contributed by atoms with Crippen LogP contribution in [0.1, 0.15) is 49.6 Å². The molecule has 1 atom stereocenters. The van der Waals surface area contributed by atoms with Gasteiger partial charge in [-0.3, -0.25) is 0 Å². The van der Waals surface area contributed by atoms with E-state index in [1.165, 1.54) is 5.56 Å². The Morgan fingerprint density at radius 3 is 2.44 bits per heavy atom. The van der Waals surface area contributed by atoms with E-state index in [-0.39, 0.29) is 5.41 Å². The molecular formula is C29H32N2O2S. The number of hydrogen-bond acceptors (Lipinski definition) is 5. The van der Waals surface area contributed by atoms with Gasteiger partial charge in [-0.15, -0.1) is 11.8 Å². The summed E-state index contributed by atoms with van der Waals surface area (Å²) in [6.45, 7) is 6.94. The van der Waals surface area contributed by atoms with Crippen LogP contribution in [0.25, 0.3) is 11.1 Å². The van der Waals surface area contributed by atoms with Crippen LogP contribution < -0.4 is 9.47 Å². The zero-order valence-corrected chi connectivity index (χ0v) is 21.5. The van der Waals surface area contributed by atoms with Gasteiger partial charge < -0.3 is 9.47 Å². The van der Waals surface area contributed by atoms with Gasteiger partial charge in [-0.25, -0.2) is 4.98 Å². The molecule has 0 fully saturated rings. The summed E-state index contributed by atoms with van der Waals surface area (Å²) >= 11 is 1.63. The van der Waals surface area contributed by atoms with Crippen LogP contribution in [-0.4, -0.2) is 19.2 Å². The molecule has 3 aromatic rings. The third-order valence-corrected chi connectivity index (χ3v) is 7.80. The quantitative estimate of drug-likeness (QED) is 0.359. The van der Waals surface area contributed by atoms with Gasteiger partial charge in [0.05, 0.1) is 19.8 Å². The second-order valence-electron chi connectivity index (χ2n) is 9.88. The lowest BCUT2D eigenvalue weighted by atomic mass is 9.70. The summed E-state index contributed by atoms with van der Waals surface area (Å²) in [5.41, 5.74) is 6.49. The van der Waals surface area contributed by atoms with Crippen molar-refractivity contribution in [2.45, 2.75) is 50.8 Å². The Balaban J connectivity index is 1.79. The molecule has 4 rings (SSSR count). The molecule has 0 N–H and O–H groups in total. The van der Waals surface area contributed by atoms with Gasteiger partial charge in [-0.05, 0) is 71.6 Å². The molecule has 5 heteroatoms. The molecule has 0 aliphatic heterocycles. The summed E-state index contributed by atoms with van der Waals surface area (Å²) in [4.78, 5) is 5.06. The minimum atomic E-state index is 0.210. The number of hydrogen-bond donors (Lipinski definition) is 0. The van der Waals surface area contributed by atoms with Gasteiger partial charge in [0.1, 0.15) is 22.6 Å². The van der Waals surface area contributed by atoms with Gasteiger partial charge in [0.25, 0.3) is 0 Å². The van der Waals surface area contributed by atoms with Gasteiger partial charge >= 0.3 is 0 Å². The molecule has 1 heterocycles. The number of benzene rings is 2. The monoisotopic (exact) mass is 472 g/mol. The molecule has 0 unspecified atom stereocenters. The van der Waals surface area contributed by atoms with Crippen LogP contribution in [-0.2, 0) is 18.6 Å². The number of aromatic nitrogens is 1. The van der Waals surface area contributed by atoms with Crippen molar-refractivity contribution in [3.8, 4) is 28.7 Å². The number of nitriles is 1. The smallest absolute Gasteiger partial charge is 0.119 e. The van der Waals surface area contributed by atoms with E-state index >= 15 is 0 Å². The molecule has 0 saturated carbocycles. The van der Waals surface area contributed by atoms with E-state index in [2.05, 4.69) is 45.0 Å². The topological polar surface area (TPSA) is 55.1 Å². The lowest BCUT2D eigenvalue weighted by Crippen LogP contribution is -2.28. The van der Waals surface area contributed by atoms with Crippen LogP contribution in [0.5, 0.6) is 11.5 Å². The third-order valence-electron chi connectivity index (χ3n) is 6.76. The Bertz CT molecular complexity index is 1210. The number of nitrogens with zero attached hydrogens (tertiary/aromatic N) is 2. The number of ether oxygens (including phenoxy) is 2. The van der Waals surface area contributed by atoms with E-state index in [0.29, 0.717) is 11.5 Å². The number of thioether (sulfide) groups is 1. The average Bonchev–Trinajstić information content (AvgIpc) is 2.85. The maximum Gasteiger partial charge on any atom is 0.119 e. The van der Waals surface area contributed by atoms with Crippen LogP contribution in [0.4, 0.5) is 0 Å². The highest BCUT2D eigenvalue weighted by atomic mass is 32.2. The Kier molecular flexibility index (Phi) is 7.19. The molecule has 34 heavy (non-hydrogen) atoms. The zero-order chi connectivity index (χ0) is 24.3. The standard InChI is InChI=1S/C29H32N2O2S/c1-29(2,3)21-11-14-26-24(16-21)27(20-9-12-22(32-4)13-10-20)25(17-30)28(31-26)34-18-19-7-6-8-23(15-19)33-5/h6-10,12-13,15,21H,11,14,16,18H2,1-5H3/t21-/m0/s1. The van der Waals surface area contributed by atoms with Gasteiger partial charge in [0.2, 0.25) is 0 Å². The van der Waals surface area contributed by atoms with E-state index in [1.54, 1.807) is 26.0 Å². The van der Waals surface area contributed by atoms with Crippen molar-refractivity contribution in [2.75, 3.05) is 14.2 Å². The lowest BCUT2D eigenvalue weighted by molar-refractivity contribution is 0.215. The molecule has 0 radical (unpaired) electrons. The number of pyridine rings is 1. The summed E-state index contributed by atoms with van der Waals surface area (Å²) in [5.74, 6) is 2.93. The summed E-state index contributed by atoms with van der Waals surface area (Å²) in [5, 5.41) is 11.1. The molecule has 176 valence electrons. The Morgan fingerprint density at radius 1 is 1.06 bits per heavy atom. The highest BCUT2D eigenvalue weighted by Gasteiger charge is 2.32. The van der Waals surface area contributed by atoms with Gasteiger partial charge in [0.15, 0.2) is 0 Å². The van der Waals surface area contributed by atoms with Crippen LogP contribution in [0.2, 0.25) is 0 Å². The van der Waals surface area contributed by atoms with Gasteiger partial charge in [0, 0.05) is 17.0 Å². The molecule has 4 nitrogen and oxygen atoms in total. The number of fused-ring (bicyclic) bond motifs is 1. The summed E-state index contributed by atoms with van der Waals surface area (Å²) in [6, 6.07) is 18.6. The molecule has 0 saturated heterocycles. The molecule has 0 bridgehead atoms. The minimum Gasteiger partial charge on any atom is -0.497 e. The Morgan fingerprint density at radius 2 is 1.79 bits per heavy atom. The first-order valence-corrected chi connectivity index (χ1v) is 12.7. The zero-order valence-electron chi connectivity index (χ0n) is 20.6. The van der Waals surface area contributed by atoms with Crippen LogP contribution in [0.3, 0.4) is 0 Å². The largest absolute Gasteiger partial charge is 0.497 e. The average molecular weight is 473 g/mol.